The number of anilines is 1. The number of rotatable bonds is 1. The molecule has 0 aliphatic heterocycles. The van der Waals surface area contributed by atoms with Gasteiger partial charge in [-0.05, 0) is 12.1 Å². The Hall–Kier alpha value is -2.28. The fourth-order valence-electron chi connectivity index (χ4n) is 1.45. The second kappa shape index (κ2) is 3.63. The molecule has 0 unspecified atom stereocenters. The maximum Gasteiger partial charge on any atom is 0.178 e. The van der Waals surface area contributed by atoms with Gasteiger partial charge in [-0.2, -0.15) is 9.78 Å². The second-order valence-corrected chi connectivity index (χ2v) is 3.65. The summed E-state index contributed by atoms with van der Waals surface area (Å²) in [7, 11) is 0. The number of hydrogen-bond donors (Lipinski definition) is 1. The summed E-state index contributed by atoms with van der Waals surface area (Å²) in [5, 5.41) is 12.8. The average molecular weight is 248 g/mol. The van der Waals surface area contributed by atoms with Gasteiger partial charge in [-0.3, -0.25) is 0 Å². The topological polar surface area (TPSA) is 95.4 Å². The first-order chi connectivity index (χ1) is 8.25. The van der Waals surface area contributed by atoms with Crippen LogP contribution in [0, 0.1) is 0 Å². The minimum absolute atomic E-state index is 0.319. The summed E-state index contributed by atoms with van der Waals surface area (Å²) in [4.78, 5) is 7.99. The van der Waals surface area contributed by atoms with Gasteiger partial charge < -0.3 is 5.73 Å². The van der Waals surface area contributed by atoms with Gasteiger partial charge in [0.15, 0.2) is 16.6 Å². The number of nitrogens with zero attached hydrogens (tertiary/aromatic N) is 6. The van der Waals surface area contributed by atoms with E-state index >= 15 is 0 Å². The SMILES string of the molecule is Nc1ncnc2c1cnn2-c1ccc(Cl)nn1. The van der Waals surface area contributed by atoms with Crippen molar-refractivity contribution in [1.29, 1.82) is 0 Å². The van der Waals surface area contributed by atoms with Crippen molar-refractivity contribution in [3.8, 4) is 5.82 Å². The van der Waals surface area contributed by atoms with Crippen molar-refractivity contribution in [2.24, 2.45) is 0 Å². The van der Waals surface area contributed by atoms with Gasteiger partial charge in [-0.15, -0.1) is 10.2 Å². The Bertz CT molecular complexity index is 675. The third-order valence-corrected chi connectivity index (χ3v) is 2.43. The van der Waals surface area contributed by atoms with Crippen LogP contribution >= 0.6 is 11.6 Å². The summed E-state index contributed by atoms with van der Waals surface area (Å²) < 4.78 is 1.52. The molecule has 0 aliphatic rings. The van der Waals surface area contributed by atoms with Crippen LogP contribution in [0.2, 0.25) is 5.15 Å². The van der Waals surface area contributed by atoms with E-state index in [0.717, 1.165) is 0 Å². The van der Waals surface area contributed by atoms with Gasteiger partial charge in [0.05, 0.1) is 11.6 Å². The maximum absolute atomic E-state index is 5.71. The molecular formula is C9H6ClN7. The van der Waals surface area contributed by atoms with Gasteiger partial charge >= 0.3 is 0 Å². The molecule has 0 fully saturated rings. The van der Waals surface area contributed by atoms with E-state index in [0.29, 0.717) is 27.8 Å². The molecule has 3 rings (SSSR count). The zero-order chi connectivity index (χ0) is 11.8. The Kier molecular flexibility index (Phi) is 2.12. The fourth-order valence-corrected chi connectivity index (χ4v) is 1.55. The van der Waals surface area contributed by atoms with E-state index in [1.807, 2.05) is 0 Å². The third-order valence-electron chi connectivity index (χ3n) is 2.23. The van der Waals surface area contributed by atoms with Crippen LogP contribution in [0.1, 0.15) is 0 Å². The standard InChI is InChI=1S/C9H6ClN7/c10-6-1-2-7(16-15-6)17-9-5(3-14-17)8(11)12-4-13-9/h1-4H,(H2,11,12,13). The summed E-state index contributed by atoms with van der Waals surface area (Å²) in [5.41, 5.74) is 6.29. The molecule has 3 aromatic heterocycles. The summed E-state index contributed by atoms with van der Waals surface area (Å²) >= 11 is 5.67. The van der Waals surface area contributed by atoms with Gasteiger partial charge in [0.25, 0.3) is 0 Å². The van der Waals surface area contributed by atoms with Crippen molar-refractivity contribution in [3.05, 3.63) is 29.8 Å². The van der Waals surface area contributed by atoms with Gasteiger partial charge in [0.2, 0.25) is 0 Å². The monoisotopic (exact) mass is 247 g/mol. The quantitative estimate of drug-likeness (QED) is 0.685. The summed E-state index contributed by atoms with van der Waals surface area (Å²) in [6.07, 6.45) is 2.96. The van der Waals surface area contributed by atoms with Crippen LogP contribution in [0.5, 0.6) is 0 Å². The molecule has 0 saturated carbocycles. The summed E-state index contributed by atoms with van der Waals surface area (Å²) in [5.74, 6) is 0.894. The molecule has 0 saturated heterocycles. The van der Waals surface area contributed by atoms with Crippen LogP contribution < -0.4 is 5.73 Å². The number of hydrogen-bond acceptors (Lipinski definition) is 6. The van der Waals surface area contributed by atoms with Crippen LogP contribution in [0.25, 0.3) is 16.9 Å². The lowest BCUT2D eigenvalue weighted by Gasteiger charge is -2.00. The highest BCUT2D eigenvalue weighted by Gasteiger charge is 2.10. The van der Waals surface area contributed by atoms with Crippen molar-refractivity contribution >= 4 is 28.5 Å². The molecule has 3 heterocycles. The van der Waals surface area contributed by atoms with E-state index in [-0.39, 0.29) is 0 Å². The van der Waals surface area contributed by atoms with E-state index in [9.17, 15) is 0 Å². The summed E-state index contributed by atoms with van der Waals surface area (Å²) in [6.45, 7) is 0. The molecular weight excluding hydrogens is 242 g/mol. The zero-order valence-electron chi connectivity index (χ0n) is 8.45. The molecule has 0 aliphatic carbocycles. The molecule has 0 amide bonds. The van der Waals surface area contributed by atoms with E-state index in [1.54, 1.807) is 18.3 Å². The largest absolute Gasteiger partial charge is 0.383 e. The zero-order valence-corrected chi connectivity index (χ0v) is 9.20. The molecule has 7 nitrogen and oxygen atoms in total. The molecule has 3 aromatic rings. The Balaban J connectivity index is 2.24. The van der Waals surface area contributed by atoms with Gasteiger partial charge in [0, 0.05) is 0 Å². The van der Waals surface area contributed by atoms with Crippen molar-refractivity contribution in [2.45, 2.75) is 0 Å². The Morgan fingerprint density at radius 1 is 1.18 bits per heavy atom. The average Bonchev–Trinajstić information content (AvgIpc) is 2.75. The lowest BCUT2D eigenvalue weighted by molar-refractivity contribution is 0.827. The van der Waals surface area contributed by atoms with Crippen LogP contribution in [0.15, 0.2) is 24.7 Å². The van der Waals surface area contributed by atoms with Crippen molar-refractivity contribution in [3.63, 3.8) is 0 Å². The normalized spacial score (nSPS) is 10.9. The molecule has 2 N–H and O–H groups in total. The smallest absolute Gasteiger partial charge is 0.178 e. The van der Waals surface area contributed by atoms with Crippen molar-refractivity contribution in [2.75, 3.05) is 5.73 Å². The first-order valence-electron chi connectivity index (χ1n) is 4.69. The number of aromatic nitrogens is 6. The summed E-state index contributed by atoms with van der Waals surface area (Å²) in [6, 6.07) is 3.32. The Labute approximate surface area is 100 Å². The second-order valence-electron chi connectivity index (χ2n) is 3.27. The lowest BCUT2D eigenvalue weighted by Crippen LogP contribution is -2.02. The molecule has 0 aromatic carbocycles. The maximum atomic E-state index is 5.71. The number of halogens is 1. The highest BCUT2D eigenvalue weighted by molar-refractivity contribution is 6.29. The molecule has 0 bridgehead atoms. The predicted octanol–water partition coefficient (Wildman–Crippen LogP) is 0.841. The highest BCUT2D eigenvalue weighted by atomic mass is 35.5. The van der Waals surface area contributed by atoms with Crippen LogP contribution in [0.3, 0.4) is 0 Å². The molecule has 0 spiro atoms. The van der Waals surface area contributed by atoms with E-state index in [1.165, 1.54) is 11.0 Å². The Morgan fingerprint density at radius 2 is 2.06 bits per heavy atom. The highest BCUT2D eigenvalue weighted by Crippen LogP contribution is 2.18. The third kappa shape index (κ3) is 1.56. The van der Waals surface area contributed by atoms with E-state index < -0.39 is 0 Å². The van der Waals surface area contributed by atoms with E-state index in [2.05, 4.69) is 25.3 Å². The van der Waals surface area contributed by atoms with E-state index in [4.69, 9.17) is 17.3 Å². The number of nitrogens with two attached hydrogens (primary N) is 1. The van der Waals surface area contributed by atoms with Gasteiger partial charge in [0.1, 0.15) is 12.1 Å². The first kappa shape index (κ1) is 9.91. The molecule has 0 atom stereocenters. The van der Waals surface area contributed by atoms with Crippen LogP contribution in [0.4, 0.5) is 5.82 Å². The van der Waals surface area contributed by atoms with Gasteiger partial charge in [-0.25, -0.2) is 9.97 Å². The number of fused-ring (bicyclic) bond motifs is 1. The lowest BCUT2D eigenvalue weighted by atomic mass is 10.4. The Morgan fingerprint density at radius 3 is 2.82 bits per heavy atom. The van der Waals surface area contributed by atoms with Crippen LogP contribution in [-0.2, 0) is 0 Å². The molecule has 84 valence electrons. The molecule has 0 radical (unpaired) electrons. The van der Waals surface area contributed by atoms with Crippen molar-refractivity contribution < 1.29 is 0 Å². The molecule has 8 heteroatoms. The fraction of sp³-hybridized carbons (Fsp3) is 0. The molecule has 17 heavy (non-hydrogen) atoms. The predicted molar refractivity (Wildman–Crippen MR) is 61.7 cm³/mol. The van der Waals surface area contributed by atoms with Crippen molar-refractivity contribution in [1.82, 2.24) is 29.9 Å². The van der Waals surface area contributed by atoms with Crippen LogP contribution in [-0.4, -0.2) is 29.9 Å². The number of nitrogen functional groups attached to an aromatic ring is 1. The van der Waals surface area contributed by atoms with Gasteiger partial charge in [-0.1, -0.05) is 11.6 Å². The first-order valence-corrected chi connectivity index (χ1v) is 5.07. The minimum atomic E-state index is 0.319. The minimum Gasteiger partial charge on any atom is -0.383 e.